The van der Waals surface area contributed by atoms with Crippen LogP contribution in [0.2, 0.25) is 0 Å². The summed E-state index contributed by atoms with van der Waals surface area (Å²) < 4.78 is 9.75. The lowest BCUT2D eigenvalue weighted by Crippen LogP contribution is -2.01. The normalized spacial score (nSPS) is 10.1. The molecule has 0 bridgehead atoms. The minimum Gasteiger partial charge on any atom is -0.463 e. The van der Waals surface area contributed by atoms with Crippen molar-refractivity contribution in [3.63, 3.8) is 0 Å². The third-order valence-corrected chi connectivity index (χ3v) is 5.18. The van der Waals surface area contributed by atoms with E-state index in [1.165, 1.54) is 69.9 Å². The van der Waals surface area contributed by atoms with Gasteiger partial charge in [0, 0.05) is 25.4 Å². The van der Waals surface area contributed by atoms with Crippen molar-refractivity contribution in [1.82, 2.24) is 0 Å². The van der Waals surface area contributed by atoms with Crippen LogP contribution in [0, 0.1) is 0 Å². The monoisotopic (exact) mass is 470 g/mol. The molecule has 0 atom stereocenters. The Hall–Kier alpha value is -1.66. The van der Waals surface area contributed by atoms with E-state index in [1.807, 2.05) is 0 Å². The number of carbonyl (C=O) groups excluding carboxylic acids is 2. The van der Waals surface area contributed by atoms with E-state index in [-0.39, 0.29) is 11.9 Å². The molecule has 0 rings (SSSR count). The minimum atomic E-state index is -0.330. The fraction of sp³-hybridized carbons (Fsp3) is 0.778. The van der Waals surface area contributed by atoms with Crippen molar-refractivity contribution in [2.75, 3.05) is 26.4 Å². The molecule has 0 aliphatic heterocycles. The molecule has 0 saturated carbocycles. The molecule has 2 N–H and O–H groups in total. The molecule has 0 spiro atoms. The molecular weight excluding hydrogens is 420 g/mol. The van der Waals surface area contributed by atoms with E-state index in [1.54, 1.807) is 0 Å². The molecule has 6 nitrogen and oxygen atoms in total. The number of esters is 2. The predicted molar refractivity (Wildman–Crippen MR) is 135 cm³/mol. The highest BCUT2D eigenvalue weighted by atomic mass is 16.5. The molecule has 0 radical (unpaired) electrons. The van der Waals surface area contributed by atoms with Gasteiger partial charge in [0.1, 0.15) is 0 Å². The van der Waals surface area contributed by atoms with E-state index in [2.05, 4.69) is 13.2 Å². The van der Waals surface area contributed by atoms with E-state index in [9.17, 15) is 9.59 Å². The Morgan fingerprint density at radius 3 is 0.970 bits per heavy atom. The standard InChI is InChI=1S/C14H26O3.C13H24O3/c1-2-14(16)17-13-11-9-7-5-3-4-6-8-10-12-15;1-2-13(15)16-12-10-8-6-4-3-5-7-9-11-14/h2,15H,1,3-13H2;2,14H,1,3-12H2. The molecule has 0 aliphatic carbocycles. The van der Waals surface area contributed by atoms with Crippen LogP contribution < -0.4 is 0 Å². The lowest BCUT2D eigenvalue weighted by Gasteiger charge is -2.03. The number of unbranched alkanes of at least 4 members (excludes halogenated alkanes) is 15. The Bertz CT molecular complexity index is 450. The summed E-state index contributed by atoms with van der Waals surface area (Å²) in [6.45, 7) is 8.33. The summed E-state index contributed by atoms with van der Waals surface area (Å²) in [5.41, 5.74) is 0. The smallest absolute Gasteiger partial charge is 0.330 e. The van der Waals surface area contributed by atoms with E-state index < -0.39 is 0 Å². The molecule has 0 aromatic heterocycles. The molecule has 33 heavy (non-hydrogen) atoms. The summed E-state index contributed by atoms with van der Waals surface area (Å²) >= 11 is 0. The van der Waals surface area contributed by atoms with Crippen LogP contribution in [0.1, 0.15) is 109 Å². The summed E-state index contributed by atoms with van der Waals surface area (Å²) in [5, 5.41) is 17.2. The third-order valence-electron chi connectivity index (χ3n) is 5.18. The van der Waals surface area contributed by atoms with E-state index in [0.29, 0.717) is 26.4 Å². The van der Waals surface area contributed by atoms with Gasteiger partial charge in [0.25, 0.3) is 0 Å². The second-order valence-electron chi connectivity index (χ2n) is 8.20. The largest absolute Gasteiger partial charge is 0.463 e. The van der Waals surface area contributed by atoms with Crippen LogP contribution in [0.4, 0.5) is 0 Å². The van der Waals surface area contributed by atoms with Gasteiger partial charge in [-0.1, -0.05) is 96.6 Å². The van der Waals surface area contributed by atoms with E-state index >= 15 is 0 Å². The summed E-state index contributed by atoms with van der Waals surface area (Å²) in [6.07, 6.45) is 21.8. The first-order chi connectivity index (χ1) is 16.1. The first-order valence-electron chi connectivity index (χ1n) is 12.9. The van der Waals surface area contributed by atoms with Crippen LogP contribution in [-0.2, 0) is 19.1 Å². The van der Waals surface area contributed by atoms with Gasteiger partial charge < -0.3 is 19.7 Å². The van der Waals surface area contributed by atoms with Gasteiger partial charge >= 0.3 is 11.9 Å². The van der Waals surface area contributed by atoms with Crippen molar-refractivity contribution in [1.29, 1.82) is 0 Å². The van der Waals surface area contributed by atoms with Crippen LogP contribution in [0.25, 0.3) is 0 Å². The van der Waals surface area contributed by atoms with Gasteiger partial charge in [-0.15, -0.1) is 0 Å². The SMILES string of the molecule is C=CC(=O)OCCCCCCCCCCCO.C=CC(=O)OCCCCCCCCCCO. The lowest BCUT2D eigenvalue weighted by atomic mass is 10.1. The molecule has 0 aromatic carbocycles. The number of ether oxygens (including phenoxy) is 2. The first-order valence-corrected chi connectivity index (χ1v) is 12.9. The van der Waals surface area contributed by atoms with Gasteiger partial charge in [0.2, 0.25) is 0 Å². The molecule has 0 aromatic rings. The maximum atomic E-state index is 10.7. The topological polar surface area (TPSA) is 93.1 Å². The Morgan fingerprint density at radius 2 is 0.727 bits per heavy atom. The quantitative estimate of drug-likeness (QED) is 0.107. The molecule has 0 amide bonds. The van der Waals surface area contributed by atoms with Crippen LogP contribution in [0.15, 0.2) is 25.3 Å². The fourth-order valence-corrected chi connectivity index (χ4v) is 3.19. The second-order valence-corrected chi connectivity index (χ2v) is 8.20. The van der Waals surface area contributed by atoms with Crippen molar-refractivity contribution >= 4 is 11.9 Å². The van der Waals surface area contributed by atoms with Crippen LogP contribution in [-0.4, -0.2) is 48.6 Å². The number of rotatable bonds is 23. The first kappa shape index (κ1) is 33.5. The maximum Gasteiger partial charge on any atom is 0.330 e. The number of hydrogen-bond donors (Lipinski definition) is 2. The van der Waals surface area contributed by atoms with Crippen molar-refractivity contribution in [2.45, 2.75) is 109 Å². The van der Waals surface area contributed by atoms with Crippen LogP contribution in [0.3, 0.4) is 0 Å². The van der Waals surface area contributed by atoms with Gasteiger partial charge in [-0.2, -0.15) is 0 Å². The zero-order valence-corrected chi connectivity index (χ0v) is 20.9. The molecule has 0 aliphatic rings. The Labute approximate surface area is 202 Å². The molecule has 194 valence electrons. The highest BCUT2D eigenvalue weighted by Gasteiger charge is 1.97. The van der Waals surface area contributed by atoms with Gasteiger partial charge in [-0.3, -0.25) is 0 Å². The van der Waals surface area contributed by atoms with Crippen molar-refractivity contribution < 1.29 is 29.3 Å². The fourth-order valence-electron chi connectivity index (χ4n) is 3.19. The molecule has 0 unspecified atom stereocenters. The summed E-state index contributed by atoms with van der Waals surface area (Å²) in [7, 11) is 0. The van der Waals surface area contributed by atoms with E-state index in [4.69, 9.17) is 19.7 Å². The predicted octanol–water partition coefficient (Wildman–Crippen LogP) is 6.05. The average molecular weight is 471 g/mol. The second kappa shape index (κ2) is 30.3. The molecule has 0 fully saturated rings. The van der Waals surface area contributed by atoms with Gasteiger partial charge in [0.15, 0.2) is 0 Å². The zero-order chi connectivity index (χ0) is 24.8. The Kier molecular flexibility index (Phi) is 30.8. The summed E-state index contributed by atoms with van der Waals surface area (Å²) in [6, 6.07) is 0. The molecular formula is C27H50O6. The van der Waals surface area contributed by atoms with Crippen molar-refractivity contribution in [2.24, 2.45) is 0 Å². The highest BCUT2D eigenvalue weighted by molar-refractivity contribution is 5.81. The maximum absolute atomic E-state index is 10.7. The molecule has 0 saturated heterocycles. The number of aliphatic hydroxyl groups excluding tert-OH is 2. The Balaban J connectivity index is 0. The van der Waals surface area contributed by atoms with Crippen molar-refractivity contribution in [3.05, 3.63) is 25.3 Å². The third kappa shape index (κ3) is 32.6. The minimum absolute atomic E-state index is 0.314. The molecule has 6 heteroatoms. The number of aliphatic hydroxyl groups is 2. The number of hydrogen-bond acceptors (Lipinski definition) is 6. The molecule has 0 heterocycles. The summed E-state index contributed by atoms with van der Waals surface area (Å²) in [5.74, 6) is -0.655. The zero-order valence-electron chi connectivity index (χ0n) is 20.9. The lowest BCUT2D eigenvalue weighted by molar-refractivity contribution is -0.138. The van der Waals surface area contributed by atoms with Gasteiger partial charge in [-0.25, -0.2) is 9.59 Å². The van der Waals surface area contributed by atoms with Crippen LogP contribution in [0.5, 0.6) is 0 Å². The van der Waals surface area contributed by atoms with Crippen LogP contribution >= 0.6 is 0 Å². The van der Waals surface area contributed by atoms with E-state index in [0.717, 1.165) is 51.4 Å². The van der Waals surface area contributed by atoms with Gasteiger partial charge in [0.05, 0.1) is 13.2 Å². The summed E-state index contributed by atoms with van der Waals surface area (Å²) in [4.78, 5) is 21.4. The van der Waals surface area contributed by atoms with Crippen molar-refractivity contribution in [3.8, 4) is 0 Å². The van der Waals surface area contributed by atoms with Gasteiger partial charge in [-0.05, 0) is 25.7 Å². The average Bonchev–Trinajstić information content (AvgIpc) is 2.83. The Morgan fingerprint density at radius 1 is 0.485 bits per heavy atom. The highest BCUT2D eigenvalue weighted by Crippen LogP contribution is 2.10. The number of carbonyl (C=O) groups is 2.